The van der Waals surface area contributed by atoms with E-state index in [4.69, 9.17) is 14.2 Å². The van der Waals surface area contributed by atoms with Crippen molar-refractivity contribution in [2.75, 3.05) is 19.8 Å². The van der Waals surface area contributed by atoms with E-state index >= 15 is 0 Å². The van der Waals surface area contributed by atoms with E-state index in [1.807, 2.05) is 13.8 Å². The minimum absolute atomic E-state index is 0.183. The van der Waals surface area contributed by atoms with E-state index in [-0.39, 0.29) is 6.73 Å². The van der Waals surface area contributed by atoms with Crippen molar-refractivity contribution in [3.63, 3.8) is 0 Å². The molecule has 0 spiro atoms. The van der Waals surface area contributed by atoms with Gasteiger partial charge in [0.15, 0.2) is 0 Å². The lowest BCUT2D eigenvalue weighted by atomic mass is 10.1. The number of hydrogen-bond acceptors (Lipinski definition) is 4. The third-order valence-corrected chi connectivity index (χ3v) is 5.75. The monoisotopic (exact) mass is 412 g/mol. The first-order valence-corrected chi connectivity index (χ1v) is 13.3. The number of hydrogen-bond donors (Lipinski definition) is 0. The van der Waals surface area contributed by atoms with E-state index in [0.29, 0.717) is 36.8 Å². The average Bonchev–Trinajstić information content (AvgIpc) is 3.01. The van der Waals surface area contributed by atoms with Gasteiger partial charge in [-0.25, -0.2) is 13.5 Å². The fourth-order valence-corrected chi connectivity index (χ4v) is 3.39. The third kappa shape index (κ3) is 6.77. The Morgan fingerprint density at radius 1 is 1.00 bits per heavy atom. The van der Waals surface area contributed by atoms with Gasteiger partial charge in [0, 0.05) is 39.5 Å². The second-order valence-electron chi connectivity index (χ2n) is 7.70. The molecule has 0 atom stereocenters. The van der Waals surface area contributed by atoms with Gasteiger partial charge in [0.25, 0.3) is 0 Å². The zero-order valence-electron chi connectivity index (χ0n) is 17.3. The molecular weight excluding hydrogens is 382 g/mol. The van der Waals surface area contributed by atoms with Crippen LogP contribution in [0.2, 0.25) is 25.7 Å². The van der Waals surface area contributed by atoms with Crippen molar-refractivity contribution in [3.8, 4) is 11.3 Å². The van der Waals surface area contributed by atoms with Crippen LogP contribution >= 0.6 is 0 Å². The second kappa shape index (κ2) is 10.2. The first-order chi connectivity index (χ1) is 13.2. The molecule has 0 saturated heterocycles. The molecule has 0 aliphatic heterocycles. The molecule has 156 valence electrons. The molecule has 2 aromatic rings. The van der Waals surface area contributed by atoms with Gasteiger partial charge in [-0.3, -0.25) is 0 Å². The standard InChI is InChI=1S/C20H30F2N2O3Si/c1-6-26-20(27-7-2)18-13-19(15-10-16(21)12-17(22)11-15)24(23-18)14-25-8-9-28(3,4)5/h10-13,20H,6-9,14H2,1-5H3. The summed E-state index contributed by atoms with van der Waals surface area (Å²) in [5, 5.41) is 4.53. The summed E-state index contributed by atoms with van der Waals surface area (Å²) in [7, 11) is -1.22. The topological polar surface area (TPSA) is 45.5 Å². The van der Waals surface area contributed by atoms with Crippen LogP contribution in [-0.2, 0) is 20.9 Å². The molecule has 0 bridgehead atoms. The van der Waals surface area contributed by atoms with E-state index in [9.17, 15) is 8.78 Å². The molecule has 0 N–H and O–H groups in total. The van der Waals surface area contributed by atoms with Crippen LogP contribution in [0.1, 0.15) is 25.8 Å². The van der Waals surface area contributed by atoms with E-state index in [2.05, 4.69) is 24.7 Å². The lowest BCUT2D eigenvalue weighted by molar-refractivity contribution is -0.143. The lowest BCUT2D eigenvalue weighted by Gasteiger charge is -2.16. The fourth-order valence-electron chi connectivity index (χ4n) is 2.64. The minimum atomic E-state index is -1.22. The SMILES string of the molecule is CCOC(OCC)c1cc(-c2cc(F)cc(F)c2)n(COCC[Si](C)(C)C)n1. The van der Waals surface area contributed by atoms with E-state index in [1.54, 1.807) is 10.7 Å². The van der Waals surface area contributed by atoms with Gasteiger partial charge >= 0.3 is 0 Å². The summed E-state index contributed by atoms with van der Waals surface area (Å²) in [4.78, 5) is 0. The molecule has 1 aromatic carbocycles. The summed E-state index contributed by atoms with van der Waals surface area (Å²) in [6.45, 7) is 12.3. The number of halogens is 2. The summed E-state index contributed by atoms with van der Waals surface area (Å²) in [5.41, 5.74) is 1.47. The summed E-state index contributed by atoms with van der Waals surface area (Å²) < 4.78 is 46.1. The van der Waals surface area contributed by atoms with Crippen molar-refractivity contribution >= 4 is 8.07 Å². The normalized spacial score (nSPS) is 12.1. The van der Waals surface area contributed by atoms with Crippen molar-refractivity contribution in [2.45, 2.75) is 52.6 Å². The quantitative estimate of drug-likeness (QED) is 0.289. The van der Waals surface area contributed by atoms with Gasteiger partial charge in [-0.05, 0) is 38.1 Å². The zero-order valence-corrected chi connectivity index (χ0v) is 18.3. The van der Waals surface area contributed by atoms with Gasteiger partial charge < -0.3 is 14.2 Å². The van der Waals surface area contributed by atoms with Gasteiger partial charge in [0.1, 0.15) is 24.1 Å². The molecule has 8 heteroatoms. The van der Waals surface area contributed by atoms with Crippen molar-refractivity contribution in [3.05, 3.63) is 41.6 Å². The van der Waals surface area contributed by atoms with Gasteiger partial charge in [-0.2, -0.15) is 5.10 Å². The molecule has 5 nitrogen and oxygen atoms in total. The zero-order chi connectivity index (χ0) is 20.7. The van der Waals surface area contributed by atoms with E-state index in [0.717, 1.165) is 12.1 Å². The highest BCUT2D eigenvalue weighted by atomic mass is 28.3. The Morgan fingerprint density at radius 2 is 1.61 bits per heavy atom. The molecule has 0 radical (unpaired) electrons. The molecule has 1 aromatic heterocycles. The Bertz CT molecular complexity index is 736. The Kier molecular flexibility index (Phi) is 8.30. The van der Waals surface area contributed by atoms with Crippen LogP contribution in [0.15, 0.2) is 24.3 Å². The van der Waals surface area contributed by atoms with Gasteiger partial charge in [0.05, 0.1) is 5.69 Å². The number of rotatable bonds is 11. The van der Waals surface area contributed by atoms with Crippen molar-refractivity contribution < 1.29 is 23.0 Å². The fraction of sp³-hybridized carbons (Fsp3) is 0.550. The minimum Gasteiger partial charge on any atom is -0.360 e. The number of ether oxygens (including phenoxy) is 3. The van der Waals surface area contributed by atoms with Crippen LogP contribution in [0.4, 0.5) is 8.78 Å². The van der Waals surface area contributed by atoms with Gasteiger partial charge in [0.2, 0.25) is 6.29 Å². The Hall–Kier alpha value is -1.61. The Balaban J connectivity index is 2.31. The highest BCUT2D eigenvalue weighted by Crippen LogP contribution is 2.27. The lowest BCUT2D eigenvalue weighted by Crippen LogP contribution is -2.22. The maximum Gasteiger partial charge on any atom is 0.202 e. The van der Waals surface area contributed by atoms with Gasteiger partial charge in [-0.1, -0.05) is 19.6 Å². The maximum atomic E-state index is 13.7. The summed E-state index contributed by atoms with van der Waals surface area (Å²) >= 11 is 0. The van der Waals surface area contributed by atoms with Gasteiger partial charge in [-0.15, -0.1) is 0 Å². The third-order valence-electron chi connectivity index (χ3n) is 4.04. The highest BCUT2D eigenvalue weighted by molar-refractivity contribution is 6.76. The van der Waals surface area contributed by atoms with Crippen LogP contribution in [0.3, 0.4) is 0 Å². The van der Waals surface area contributed by atoms with E-state index in [1.165, 1.54) is 12.1 Å². The Labute approximate surface area is 166 Å². The van der Waals surface area contributed by atoms with Crippen molar-refractivity contribution in [2.24, 2.45) is 0 Å². The first kappa shape index (κ1) is 22.7. The molecule has 0 saturated carbocycles. The highest BCUT2D eigenvalue weighted by Gasteiger charge is 2.20. The van der Waals surface area contributed by atoms with Crippen LogP contribution < -0.4 is 0 Å². The van der Waals surface area contributed by atoms with Crippen LogP contribution in [0, 0.1) is 11.6 Å². The van der Waals surface area contributed by atoms with Crippen molar-refractivity contribution in [1.82, 2.24) is 9.78 Å². The molecular formula is C20H30F2N2O3Si. The summed E-state index contributed by atoms with van der Waals surface area (Å²) in [6, 6.07) is 6.15. The molecule has 0 unspecified atom stereocenters. The number of nitrogens with zero attached hydrogens (tertiary/aromatic N) is 2. The van der Waals surface area contributed by atoms with Crippen LogP contribution in [0.25, 0.3) is 11.3 Å². The molecule has 28 heavy (non-hydrogen) atoms. The number of benzene rings is 1. The predicted octanol–water partition coefficient (Wildman–Crippen LogP) is 5.21. The van der Waals surface area contributed by atoms with Crippen molar-refractivity contribution in [1.29, 1.82) is 0 Å². The van der Waals surface area contributed by atoms with Crippen LogP contribution in [0.5, 0.6) is 0 Å². The first-order valence-electron chi connectivity index (χ1n) is 9.58. The number of aromatic nitrogens is 2. The molecule has 2 rings (SSSR count). The predicted molar refractivity (Wildman–Crippen MR) is 108 cm³/mol. The molecule has 0 fully saturated rings. The Morgan fingerprint density at radius 3 is 2.14 bits per heavy atom. The average molecular weight is 413 g/mol. The largest absolute Gasteiger partial charge is 0.360 e. The van der Waals surface area contributed by atoms with Crippen LogP contribution in [-0.4, -0.2) is 37.7 Å². The smallest absolute Gasteiger partial charge is 0.202 e. The summed E-state index contributed by atoms with van der Waals surface area (Å²) in [5.74, 6) is -1.29. The summed E-state index contributed by atoms with van der Waals surface area (Å²) in [6.07, 6.45) is -0.643. The molecule has 0 amide bonds. The molecule has 0 aliphatic rings. The second-order valence-corrected chi connectivity index (χ2v) is 13.3. The molecule has 0 aliphatic carbocycles. The molecule has 1 heterocycles. The van der Waals surface area contributed by atoms with E-state index < -0.39 is 26.0 Å². The maximum absolute atomic E-state index is 13.7.